The lowest BCUT2D eigenvalue weighted by Crippen LogP contribution is -2.65. The molecule has 1 rings (SSSR count). The molecule has 6 atom stereocenters. The molecule has 1 fully saturated rings. The highest BCUT2D eigenvalue weighted by atomic mass is 32.2. The Kier molecular flexibility index (Phi) is 15.8. The van der Waals surface area contributed by atoms with Crippen molar-refractivity contribution in [1.29, 1.82) is 0 Å². The monoisotopic (exact) mass is 662 g/mol. The third-order valence-corrected chi connectivity index (χ3v) is 6.73. The molecule has 0 unspecified atom stereocenters. The first-order chi connectivity index (χ1) is 20.8. The van der Waals surface area contributed by atoms with Gasteiger partial charge in [0, 0.05) is 40.4 Å². The largest absolute Gasteiger partial charge is 0.463 e. The Morgan fingerprint density at radius 1 is 0.800 bits per heavy atom. The topological polar surface area (TPSA) is 231 Å². The van der Waals surface area contributed by atoms with E-state index in [2.05, 4.69) is 21.3 Å². The van der Waals surface area contributed by atoms with E-state index in [0.29, 0.717) is 0 Å². The van der Waals surface area contributed by atoms with Crippen LogP contribution in [0.2, 0.25) is 0 Å². The molecule has 1 aliphatic rings. The molecule has 1 heterocycles. The zero-order chi connectivity index (χ0) is 34.5. The molecule has 18 heteroatoms. The van der Waals surface area contributed by atoms with E-state index in [9.17, 15) is 38.4 Å². The minimum Gasteiger partial charge on any atom is -0.463 e. The molecule has 4 amide bonds. The van der Waals surface area contributed by atoms with Crippen LogP contribution in [0.25, 0.3) is 0 Å². The maximum absolute atomic E-state index is 13.1. The van der Waals surface area contributed by atoms with Crippen LogP contribution in [-0.2, 0) is 62.0 Å². The molecule has 254 valence electrons. The average molecular weight is 663 g/mol. The zero-order valence-electron chi connectivity index (χ0n) is 26.5. The zero-order valence-corrected chi connectivity index (χ0v) is 27.3. The van der Waals surface area contributed by atoms with Crippen LogP contribution < -0.4 is 21.3 Å². The van der Waals surface area contributed by atoms with Crippen LogP contribution in [0.5, 0.6) is 0 Å². The lowest BCUT2D eigenvalue weighted by Gasteiger charge is -2.45. The van der Waals surface area contributed by atoms with Gasteiger partial charge in [-0.25, -0.2) is 0 Å². The van der Waals surface area contributed by atoms with Crippen molar-refractivity contribution in [2.75, 3.05) is 25.4 Å². The minimum atomic E-state index is -1.32. The molecule has 45 heavy (non-hydrogen) atoms. The summed E-state index contributed by atoms with van der Waals surface area (Å²) in [4.78, 5) is 96.8. The molecule has 0 spiro atoms. The van der Waals surface area contributed by atoms with E-state index in [0.717, 1.165) is 32.5 Å². The number of amides is 4. The third kappa shape index (κ3) is 15.6. The molecule has 0 aromatic carbocycles. The van der Waals surface area contributed by atoms with Gasteiger partial charge in [0.1, 0.15) is 42.4 Å². The highest BCUT2D eigenvalue weighted by Crippen LogP contribution is 2.33. The number of hydrogen-bond donors (Lipinski definition) is 4. The number of ether oxygens (including phenoxy) is 5. The van der Waals surface area contributed by atoms with Crippen LogP contribution in [0, 0.1) is 0 Å². The van der Waals surface area contributed by atoms with Crippen molar-refractivity contribution >= 4 is 59.3 Å². The molecule has 1 aliphatic heterocycles. The fourth-order valence-electron chi connectivity index (χ4n) is 3.92. The second kappa shape index (κ2) is 18.1. The van der Waals surface area contributed by atoms with Gasteiger partial charge in [0.05, 0.1) is 6.54 Å². The molecule has 4 N–H and O–H groups in total. The minimum absolute atomic E-state index is 0.238. The van der Waals surface area contributed by atoms with Gasteiger partial charge in [-0.05, 0) is 20.8 Å². The van der Waals surface area contributed by atoms with E-state index in [1.54, 1.807) is 20.8 Å². The van der Waals surface area contributed by atoms with Crippen LogP contribution in [0.1, 0.15) is 55.4 Å². The van der Waals surface area contributed by atoms with Gasteiger partial charge in [-0.2, -0.15) is 0 Å². The number of hydrogen-bond acceptors (Lipinski definition) is 14. The van der Waals surface area contributed by atoms with Gasteiger partial charge in [-0.3, -0.25) is 38.4 Å². The maximum Gasteiger partial charge on any atom is 0.325 e. The van der Waals surface area contributed by atoms with Gasteiger partial charge < -0.3 is 45.0 Å². The normalized spacial score (nSPS) is 21.6. The van der Waals surface area contributed by atoms with Crippen LogP contribution in [0.3, 0.4) is 0 Å². The van der Waals surface area contributed by atoms with Crippen LogP contribution in [0.4, 0.5) is 0 Å². The Balaban J connectivity index is 3.35. The number of carbonyl (C=O) groups is 8. The van der Waals surface area contributed by atoms with Crippen molar-refractivity contribution in [3.8, 4) is 0 Å². The molecule has 0 aliphatic carbocycles. The highest BCUT2D eigenvalue weighted by molar-refractivity contribution is 7.99. The van der Waals surface area contributed by atoms with Gasteiger partial charge in [-0.15, -0.1) is 11.8 Å². The molecule has 0 aromatic heterocycles. The van der Waals surface area contributed by atoms with E-state index < -0.39 is 109 Å². The number of nitrogens with one attached hydrogen (secondary N) is 4. The summed E-state index contributed by atoms with van der Waals surface area (Å²) in [6, 6.07) is -2.47. The fourth-order valence-corrected chi connectivity index (χ4v) is 5.19. The maximum atomic E-state index is 13.1. The van der Waals surface area contributed by atoms with Crippen molar-refractivity contribution in [2.45, 2.75) is 96.8 Å². The molecule has 1 saturated heterocycles. The summed E-state index contributed by atoms with van der Waals surface area (Å²) in [5.41, 5.74) is -1.94. The number of carbonyl (C=O) groups excluding carboxylic acids is 8. The quantitative estimate of drug-likeness (QED) is 0.122. The summed E-state index contributed by atoms with van der Waals surface area (Å²) in [7, 11) is 0. The van der Waals surface area contributed by atoms with Gasteiger partial charge in [0.15, 0.2) is 12.2 Å². The summed E-state index contributed by atoms with van der Waals surface area (Å²) in [6.07, 6.45) is -3.82. The molecule has 0 radical (unpaired) electrons. The first-order valence-electron chi connectivity index (χ1n) is 13.8. The summed E-state index contributed by atoms with van der Waals surface area (Å²) in [6.45, 7) is 9.28. The fraction of sp³-hybridized carbons (Fsp3) is 0.704. The van der Waals surface area contributed by atoms with Crippen LogP contribution in [-0.4, -0.2) is 114 Å². The third-order valence-electron chi connectivity index (χ3n) is 5.47. The summed E-state index contributed by atoms with van der Waals surface area (Å²) >= 11 is 0.896. The van der Waals surface area contributed by atoms with E-state index in [4.69, 9.17) is 23.7 Å². The van der Waals surface area contributed by atoms with Crippen molar-refractivity contribution in [3.63, 3.8) is 0 Å². The van der Waals surface area contributed by atoms with Crippen LogP contribution in [0.15, 0.2) is 0 Å². The van der Waals surface area contributed by atoms with Crippen molar-refractivity contribution in [3.05, 3.63) is 0 Å². The molecule has 0 bridgehead atoms. The molecule has 17 nitrogen and oxygen atoms in total. The predicted molar refractivity (Wildman–Crippen MR) is 156 cm³/mol. The molecule has 0 aromatic rings. The first-order valence-corrected chi connectivity index (χ1v) is 14.9. The first kappa shape index (κ1) is 39.1. The Bertz CT molecular complexity index is 1130. The standard InChI is InChI=1S/C27H42N4O13S/c1-13(32)28-9-20(37)31-18(25(39)29-10-21(38)44-27(6,7)8)12-45-26-22(30-14(2)33)24(42-17(5)36)23(41-16(4)35)19(43-26)11-40-15(3)34/h18-19,22-24,26H,9-12H2,1-8H3,(H,28,32)(H,29,39)(H,30,33)(H,31,37)/t18-,19+,22+,23+,24+,26-/m0/s1. The van der Waals surface area contributed by atoms with Crippen molar-refractivity contribution in [1.82, 2.24) is 21.3 Å². The second-order valence-corrected chi connectivity index (χ2v) is 12.0. The van der Waals surface area contributed by atoms with Crippen LogP contribution >= 0.6 is 11.8 Å². The Hall–Kier alpha value is -3.93. The van der Waals surface area contributed by atoms with Gasteiger partial charge in [0.25, 0.3) is 0 Å². The van der Waals surface area contributed by atoms with Gasteiger partial charge >= 0.3 is 23.9 Å². The van der Waals surface area contributed by atoms with E-state index in [1.165, 1.54) is 13.8 Å². The van der Waals surface area contributed by atoms with Gasteiger partial charge in [-0.1, -0.05) is 0 Å². The van der Waals surface area contributed by atoms with Crippen molar-refractivity contribution in [2.24, 2.45) is 0 Å². The summed E-state index contributed by atoms with van der Waals surface area (Å²) < 4.78 is 27.2. The summed E-state index contributed by atoms with van der Waals surface area (Å²) in [5.74, 6) is -5.78. The Morgan fingerprint density at radius 2 is 1.40 bits per heavy atom. The molecule has 0 saturated carbocycles. The lowest BCUT2D eigenvalue weighted by atomic mass is 9.97. The molecular weight excluding hydrogens is 620 g/mol. The Morgan fingerprint density at radius 3 is 1.91 bits per heavy atom. The second-order valence-electron chi connectivity index (χ2n) is 10.9. The van der Waals surface area contributed by atoms with Gasteiger partial charge in [0.2, 0.25) is 23.6 Å². The van der Waals surface area contributed by atoms with Crippen molar-refractivity contribution < 1.29 is 62.0 Å². The SMILES string of the molecule is CC(=O)NCC(=O)N[C@@H](CS[C@@H]1O[C@H](COC(C)=O)[C@@H](OC(C)=O)[C@H](OC(C)=O)[C@H]1NC(C)=O)C(=O)NCC(=O)OC(C)(C)C. The average Bonchev–Trinajstić information content (AvgIpc) is 2.88. The number of esters is 4. The highest BCUT2D eigenvalue weighted by Gasteiger charge is 2.51. The number of rotatable bonds is 14. The lowest BCUT2D eigenvalue weighted by molar-refractivity contribution is -0.211. The Labute approximate surface area is 264 Å². The predicted octanol–water partition coefficient (Wildman–Crippen LogP) is -1.55. The van der Waals surface area contributed by atoms with E-state index in [1.807, 2.05) is 0 Å². The van der Waals surface area contributed by atoms with E-state index >= 15 is 0 Å². The van der Waals surface area contributed by atoms with E-state index in [-0.39, 0.29) is 5.75 Å². The smallest absolute Gasteiger partial charge is 0.325 e. The number of thioether (sulfide) groups is 1. The molecular formula is C27H42N4O13S. The summed E-state index contributed by atoms with van der Waals surface area (Å²) in [5, 5.41) is 9.76.